The molecule has 0 spiro atoms. The highest BCUT2D eigenvalue weighted by atomic mass is 127. The number of nitrogens with one attached hydrogen (secondary N) is 1. The van der Waals surface area contributed by atoms with Crippen molar-refractivity contribution < 1.29 is 23.9 Å². The van der Waals surface area contributed by atoms with Gasteiger partial charge in [0.25, 0.3) is 17.7 Å². The van der Waals surface area contributed by atoms with Gasteiger partial charge in [0.1, 0.15) is 0 Å². The van der Waals surface area contributed by atoms with Crippen molar-refractivity contribution in [2.45, 2.75) is 13.3 Å². The molecule has 0 atom stereocenters. The fraction of sp³-hybridized carbons (Fsp3) is 0.200. The second-order valence-electron chi connectivity index (χ2n) is 6.28. The lowest BCUT2D eigenvalue weighted by atomic mass is 10.1. The van der Waals surface area contributed by atoms with Gasteiger partial charge in [0.2, 0.25) is 0 Å². The van der Waals surface area contributed by atoms with E-state index in [1.54, 1.807) is 36.4 Å². The first-order valence-corrected chi connectivity index (χ1v) is 9.61. The molecular weight excluding hydrogens is 475 g/mol. The average Bonchev–Trinajstić information content (AvgIpc) is 2.88. The molecule has 0 aliphatic carbocycles. The van der Waals surface area contributed by atoms with Crippen LogP contribution in [0.4, 0.5) is 5.69 Å². The van der Waals surface area contributed by atoms with Crippen molar-refractivity contribution >= 4 is 52.0 Å². The van der Waals surface area contributed by atoms with Crippen molar-refractivity contribution in [1.29, 1.82) is 0 Å². The molecule has 2 aromatic rings. The van der Waals surface area contributed by atoms with Crippen LogP contribution in [0, 0.1) is 10.5 Å². The van der Waals surface area contributed by atoms with E-state index in [4.69, 9.17) is 4.74 Å². The van der Waals surface area contributed by atoms with E-state index in [1.165, 1.54) is 0 Å². The Morgan fingerprint density at radius 2 is 1.82 bits per heavy atom. The summed E-state index contributed by atoms with van der Waals surface area (Å²) < 4.78 is 5.89. The smallest absolute Gasteiger partial charge is 0.308 e. The van der Waals surface area contributed by atoms with Gasteiger partial charge in [-0.05, 0) is 59.8 Å². The van der Waals surface area contributed by atoms with Gasteiger partial charge in [-0.2, -0.15) is 0 Å². The number of nitrogens with zero attached hydrogens (tertiary/aromatic N) is 1. The number of amides is 3. The topological polar surface area (TPSA) is 92.8 Å². The number of benzene rings is 2. The summed E-state index contributed by atoms with van der Waals surface area (Å²) in [4.78, 5) is 49.5. The van der Waals surface area contributed by atoms with Crippen molar-refractivity contribution in [2.24, 2.45) is 0 Å². The number of ether oxygens (including phenoxy) is 1. The minimum atomic E-state index is -0.662. The van der Waals surface area contributed by atoms with Crippen molar-refractivity contribution in [2.75, 3.05) is 18.5 Å². The third-order valence-corrected chi connectivity index (χ3v) is 4.81. The zero-order valence-electron chi connectivity index (χ0n) is 15.0. The van der Waals surface area contributed by atoms with E-state index in [0.29, 0.717) is 16.8 Å². The number of anilines is 1. The largest absolute Gasteiger partial charge is 0.456 e. The molecule has 0 fully saturated rings. The van der Waals surface area contributed by atoms with Crippen LogP contribution in [0.5, 0.6) is 0 Å². The molecule has 1 aliphatic rings. The number of fused-ring (bicyclic) bond motifs is 1. The molecule has 0 radical (unpaired) electrons. The van der Waals surface area contributed by atoms with Gasteiger partial charge in [-0.15, -0.1) is 0 Å². The molecule has 3 rings (SSSR count). The van der Waals surface area contributed by atoms with Crippen molar-refractivity contribution in [3.8, 4) is 0 Å². The molecule has 1 heterocycles. The Hall–Kier alpha value is -2.75. The number of carbonyl (C=O) groups excluding carboxylic acids is 4. The maximum absolute atomic E-state index is 12.4. The molecule has 3 amide bonds. The molecule has 144 valence electrons. The zero-order valence-corrected chi connectivity index (χ0v) is 17.2. The minimum Gasteiger partial charge on any atom is -0.456 e. The van der Waals surface area contributed by atoms with Crippen molar-refractivity contribution in [3.63, 3.8) is 0 Å². The second kappa shape index (κ2) is 8.51. The van der Waals surface area contributed by atoms with Gasteiger partial charge in [0.05, 0.1) is 17.5 Å². The Morgan fingerprint density at radius 1 is 1.07 bits per heavy atom. The van der Waals surface area contributed by atoms with Gasteiger partial charge < -0.3 is 10.1 Å². The average molecular weight is 492 g/mol. The highest BCUT2D eigenvalue weighted by Gasteiger charge is 2.35. The van der Waals surface area contributed by atoms with E-state index in [9.17, 15) is 19.2 Å². The fourth-order valence-electron chi connectivity index (χ4n) is 2.79. The Labute approximate surface area is 175 Å². The van der Waals surface area contributed by atoms with E-state index >= 15 is 0 Å². The second-order valence-corrected chi connectivity index (χ2v) is 7.53. The lowest BCUT2D eigenvalue weighted by Gasteiger charge is -2.13. The highest BCUT2D eigenvalue weighted by molar-refractivity contribution is 14.1. The van der Waals surface area contributed by atoms with Crippen LogP contribution in [0.3, 0.4) is 0 Å². The van der Waals surface area contributed by atoms with Crippen LogP contribution in [-0.2, 0) is 14.3 Å². The molecule has 8 heteroatoms. The van der Waals surface area contributed by atoms with Crippen molar-refractivity contribution in [1.82, 2.24) is 4.90 Å². The first kappa shape index (κ1) is 20.0. The summed E-state index contributed by atoms with van der Waals surface area (Å²) >= 11 is 2.12. The number of carbonyl (C=O) groups is 4. The number of aryl methyl sites for hydroxylation is 1. The standard InChI is InChI=1S/C20H17IN2O5/c1-12-5-6-15-16(9-12)20(27)23(19(15)26)8-7-18(25)28-11-17(24)22-14-4-2-3-13(21)10-14/h2-6,9-10H,7-8,11H2,1H3,(H,22,24). The van der Waals surface area contributed by atoms with E-state index in [2.05, 4.69) is 27.9 Å². The number of imide groups is 1. The van der Waals surface area contributed by atoms with Crippen molar-refractivity contribution in [3.05, 3.63) is 62.7 Å². The fourth-order valence-corrected chi connectivity index (χ4v) is 3.34. The van der Waals surface area contributed by atoms with Gasteiger partial charge in [-0.25, -0.2) is 0 Å². The molecule has 1 N–H and O–H groups in total. The summed E-state index contributed by atoms with van der Waals surface area (Å²) in [6, 6.07) is 12.2. The van der Waals surface area contributed by atoms with Crippen LogP contribution >= 0.6 is 22.6 Å². The quantitative estimate of drug-likeness (QED) is 0.381. The number of esters is 1. The van der Waals surface area contributed by atoms with E-state index < -0.39 is 30.3 Å². The number of hydrogen-bond donors (Lipinski definition) is 1. The van der Waals surface area contributed by atoms with Crippen LogP contribution in [0.2, 0.25) is 0 Å². The summed E-state index contributed by atoms with van der Waals surface area (Å²) in [6.07, 6.45) is -0.180. The Bertz CT molecular complexity index is 973. The Morgan fingerprint density at radius 3 is 2.57 bits per heavy atom. The van der Waals surface area contributed by atoms with Crippen LogP contribution in [0.1, 0.15) is 32.7 Å². The third kappa shape index (κ3) is 4.56. The molecule has 0 saturated heterocycles. The molecule has 7 nitrogen and oxygen atoms in total. The van der Waals surface area contributed by atoms with Gasteiger partial charge in [0, 0.05) is 15.8 Å². The first-order valence-electron chi connectivity index (χ1n) is 8.53. The predicted molar refractivity (Wildman–Crippen MR) is 110 cm³/mol. The van der Waals surface area contributed by atoms with Crippen LogP contribution in [0.15, 0.2) is 42.5 Å². The molecule has 1 aliphatic heterocycles. The number of rotatable bonds is 6. The van der Waals surface area contributed by atoms with E-state index in [-0.39, 0.29) is 13.0 Å². The normalized spacial score (nSPS) is 12.7. The lowest BCUT2D eigenvalue weighted by molar-refractivity contribution is -0.147. The first-order chi connectivity index (χ1) is 13.3. The molecule has 0 saturated carbocycles. The summed E-state index contributed by atoms with van der Waals surface area (Å²) in [5, 5.41) is 2.63. The SMILES string of the molecule is Cc1ccc2c(c1)C(=O)N(CCC(=O)OCC(=O)Nc1cccc(I)c1)C2=O. The van der Waals surface area contributed by atoms with Crippen LogP contribution in [0.25, 0.3) is 0 Å². The van der Waals surface area contributed by atoms with E-state index in [0.717, 1.165) is 14.0 Å². The maximum Gasteiger partial charge on any atom is 0.308 e. The minimum absolute atomic E-state index is 0.0945. The molecule has 28 heavy (non-hydrogen) atoms. The highest BCUT2D eigenvalue weighted by Crippen LogP contribution is 2.24. The lowest BCUT2D eigenvalue weighted by Crippen LogP contribution is -2.32. The molecule has 2 aromatic carbocycles. The number of halogens is 1. The van der Waals surface area contributed by atoms with Gasteiger partial charge in [-0.1, -0.05) is 17.7 Å². The third-order valence-electron chi connectivity index (χ3n) is 4.14. The Balaban J connectivity index is 1.48. The van der Waals surface area contributed by atoms with E-state index in [1.807, 2.05) is 13.0 Å². The molecule has 0 aromatic heterocycles. The van der Waals surface area contributed by atoms with Gasteiger partial charge >= 0.3 is 5.97 Å². The van der Waals surface area contributed by atoms with Crippen LogP contribution in [-0.4, -0.2) is 41.7 Å². The number of hydrogen-bond acceptors (Lipinski definition) is 5. The zero-order chi connectivity index (χ0) is 20.3. The maximum atomic E-state index is 12.4. The summed E-state index contributed by atoms with van der Waals surface area (Å²) in [5.41, 5.74) is 2.16. The van der Waals surface area contributed by atoms with Crippen LogP contribution < -0.4 is 5.32 Å². The molecule has 0 unspecified atom stereocenters. The molecular formula is C20H17IN2O5. The summed E-state index contributed by atoms with van der Waals surface area (Å²) in [7, 11) is 0. The predicted octanol–water partition coefficient (Wildman–Crippen LogP) is 2.77. The monoisotopic (exact) mass is 492 g/mol. The van der Waals surface area contributed by atoms with Gasteiger partial charge in [0.15, 0.2) is 6.61 Å². The molecule has 0 bridgehead atoms. The summed E-state index contributed by atoms with van der Waals surface area (Å²) in [6.45, 7) is 1.30. The Kier molecular flexibility index (Phi) is 6.08. The van der Waals surface area contributed by atoms with Gasteiger partial charge in [-0.3, -0.25) is 24.1 Å². The summed E-state index contributed by atoms with van der Waals surface area (Å²) in [5.74, 6) is -1.98.